The number of aryl methyl sites for hydroxylation is 1. The van der Waals surface area contributed by atoms with Gasteiger partial charge >= 0.3 is 29.6 Å². The highest BCUT2D eigenvalue weighted by Crippen LogP contribution is 2.23. The summed E-state index contributed by atoms with van der Waals surface area (Å²) in [4.78, 5) is 36.9. The molecule has 10 nitrogen and oxygen atoms in total. The number of ether oxygens (including phenoxy) is 4. The predicted octanol–water partition coefficient (Wildman–Crippen LogP) is 4.86. The van der Waals surface area contributed by atoms with E-state index in [9.17, 15) is 40.7 Å². The number of esters is 1. The monoisotopic (exact) mass is 613 g/mol. The first-order valence-corrected chi connectivity index (χ1v) is 13.1. The van der Waals surface area contributed by atoms with Crippen molar-refractivity contribution in [3.05, 3.63) is 45.1 Å². The van der Waals surface area contributed by atoms with Crippen LogP contribution in [0.5, 0.6) is 17.4 Å². The Morgan fingerprint density at radius 3 is 2.10 bits per heavy atom. The fraction of sp³-hybridized carbons (Fsp3) is 0.615. The van der Waals surface area contributed by atoms with Gasteiger partial charge in [-0.2, -0.15) is 26.3 Å². The predicted molar refractivity (Wildman–Crippen MR) is 136 cm³/mol. The number of aromatic nitrogens is 3. The van der Waals surface area contributed by atoms with Gasteiger partial charge < -0.3 is 18.9 Å². The van der Waals surface area contributed by atoms with E-state index in [1.807, 2.05) is 0 Å². The van der Waals surface area contributed by atoms with Crippen LogP contribution in [0, 0.1) is 5.92 Å². The molecule has 16 heteroatoms. The van der Waals surface area contributed by atoms with Gasteiger partial charge in [0, 0.05) is 45.3 Å². The van der Waals surface area contributed by atoms with Gasteiger partial charge in [-0.25, -0.2) is 9.48 Å². The standard InChI is InChI=1S/C26H33F6N3O7/c1-17(2)23(37)42-18(3)41-20-9-4-8-19(16-20)39-14-7-15-40-21-22(36)34(12-5-10-25(27,28)29)24(38)35(33-21)13-6-11-26(30,31)32/h4,8-9,16-18H,5-7,10-15H2,1-3H3. The van der Waals surface area contributed by atoms with E-state index >= 15 is 0 Å². The van der Waals surface area contributed by atoms with Crippen LogP contribution < -0.4 is 25.5 Å². The second kappa shape index (κ2) is 15.5. The van der Waals surface area contributed by atoms with Gasteiger partial charge in [-0.15, -0.1) is 5.10 Å². The van der Waals surface area contributed by atoms with Crippen molar-refractivity contribution in [2.45, 2.75) is 84.6 Å². The average molecular weight is 614 g/mol. The van der Waals surface area contributed by atoms with E-state index < -0.39 is 80.5 Å². The number of rotatable bonds is 16. The Labute approximate surface area is 237 Å². The molecule has 1 unspecified atom stereocenters. The van der Waals surface area contributed by atoms with E-state index in [2.05, 4.69) is 5.10 Å². The van der Waals surface area contributed by atoms with Crippen molar-refractivity contribution in [3.63, 3.8) is 0 Å². The normalized spacial score (nSPS) is 12.7. The second-order valence-electron chi connectivity index (χ2n) is 9.51. The number of alkyl halides is 6. The van der Waals surface area contributed by atoms with Crippen LogP contribution in [0.1, 0.15) is 52.9 Å². The lowest BCUT2D eigenvalue weighted by atomic mass is 10.2. The van der Waals surface area contributed by atoms with Crippen LogP contribution >= 0.6 is 0 Å². The topological polar surface area (TPSA) is 111 Å². The molecule has 2 rings (SSSR count). The summed E-state index contributed by atoms with van der Waals surface area (Å²) < 4.78 is 98.0. The van der Waals surface area contributed by atoms with Crippen molar-refractivity contribution in [2.75, 3.05) is 13.2 Å². The van der Waals surface area contributed by atoms with Crippen LogP contribution in [0.4, 0.5) is 26.3 Å². The number of hydrogen-bond acceptors (Lipinski definition) is 8. The van der Waals surface area contributed by atoms with Crippen molar-refractivity contribution >= 4 is 5.97 Å². The molecule has 0 aliphatic heterocycles. The summed E-state index contributed by atoms with van der Waals surface area (Å²) in [7, 11) is 0. The summed E-state index contributed by atoms with van der Waals surface area (Å²) in [5.41, 5.74) is -2.22. The van der Waals surface area contributed by atoms with E-state index in [-0.39, 0.29) is 25.6 Å². The van der Waals surface area contributed by atoms with Gasteiger partial charge in [0.25, 0.3) is 5.88 Å². The Morgan fingerprint density at radius 2 is 1.48 bits per heavy atom. The molecule has 0 bridgehead atoms. The molecule has 1 aromatic carbocycles. The molecule has 2 aromatic rings. The molecule has 0 aliphatic carbocycles. The van der Waals surface area contributed by atoms with E-state index in [0.717, 1.165) is 0 Å². The van der Waals surface area contributed by atoms with Crippen LogP contribution in [-0.2, 0) is 22.6 Å². The third-order valence-corrected chi connectivity index (χ3v) is 5.42. The fourth-order valence-corrected chi connectivity index (χ4v) is 3.41. The summed E-state index contributed by atoms with van der Waals surface area (Å²) in [6, 6.07) is 6.46. The molecule has 0 radical (unpaired) electrons. The maximum atomic E-state index is 12.7. The quantitative estimate of drug-likeness (QED) is 0.114. The molecule has 0 saturated heterocycles. The third-order valence-electron chi connectivity index (χ3n) is 5.42. The Kier molecular flexibility index (Phi) is 12.7. The molecular weight excluding hydrogens is 580 g/mol. The van der Waals surface area contributed by atoms with Crippen LogP contribution in [0.25, 0.3) is 0 Å². The van der Waals surface area contributed by atoms with Gasteiger partial charge in [0.15, 0.2) is 0 Å². The molecule has 0 fully saturated rings. The van der Waals surface area contributed by atoms with Crippen LogP contribution in [0.3, 0.4) is 0 Å². The lowest BCUT2D eigenvalue weighted by Gasteiger charge is -2.17. The third kappa shape index (κ3) is 12.4. The molecule has 0 saturated carbocycles. The first-order chi connectivity index (χ1) is 19.6. The van der Waals surface area contributed by atoms with E-state index in [4.69, 9.17) is 18.9 Å². The molecule has 0 aliphatic rings. The van der Waals surface area contributed by atoms with Crippen LogP contribution in [0.15, 0.2) is 33.9 Å². The lowest BCUT2D eigenvalue weighted by molar-refractivity contribution is -0.165. The average Bonchev–Trinajstić information content (AvgIpc) is 2.86. The maximum Gasteiger partial charge on any atom is 0.389 e. The molecule has 0 spiro atoms. The number of hydrogen-bond donors (Lipinski definition) is 0. The molecule has 0 N–H and O–H groups in total. The van der Waals surface area contributed by atoms with Gasteiger partial charge in [0.2, 0.25) is 6.29 Å². The molecule has 1 heterocycles. The van der Waals surface area contributed by atoms with Crippen LogP contribution in [0.2, 0.25) is 0 Å². The Bertz CT molecular complexity index is 1270. The van der Waals surface area contributed by atoms with Gasteiger partial charge in [-0.1, -0.05) is 19.9 Å². The minimum absolute atomic E-state index is 0.0757. The van der Waals surface area contributed by atoms with E-state index in [1.54, 1.807) is 45.0 Å². The van der Waals surface area contributed by atoms with Crippen LogP contribution in [-0.4, -0.2) is 52.2 Å². The summed E-state index contributed by atoms with van der Waals surface area (Å²) in [5, 5.41) is 3.70. The number of halogens is 6. The van der Waals surface area contributed by atoms with Gasteiger partial charge in [0.1, 0.15) is 11.5 Å². The molecule has 0 amide bonds. The molecule has 236 valence electrons. The minimum Gasteiger partial charge on any atom is -0.493 e. The highest BCUT2D eigenvalue weighted by Gasteiger charge is 2.28. The van der Waals surface area contributed by atoms with Gasteiger partial charge in [0.05, 0.1) is 19.1 Å². The highest BCUT2D eigenvalue weighted by molar-refractivity contribution is 5.71. The number of benzene rings is 1. The highest BCUT2D eigenvalue weighted by atomic mass is 19.4. The Balaban J connectivity index is 2.00. The Hall–Kier alpha value is -3.72. The number of nitrogens with zero attached hydrogens (tertiary/aromatic N) is 3. The van der Waals surface area contributed by atoms with Crippen molar-refractivity contribution < 1.29 is 50.1 Å². The van der Waals surface area contributed by atoms with Crippen molar-refractivity contribution in [2.24, 2.45) is 5.92 Å². The van der Waals surface area contributed by atoms with Crippen molar-refractivity contribution in [3.8, 4) is 17.4 Å². The fourth-order valence-electron chi connectivity index (χ4n) is 3.41. The zero-order valence-corrected chi connectivity index (χ0v) is 23.3. The summed E-state index contributed by atoms with van der Waals surface area (Å²) in [6.07, 6.45) is -13.3. The number of carbonyl (C=O) groups is 1. The number of carbonyl (C=O) groups excluding carboxylic acids is 1. The second-order valence-corrected chi connectivity index (χ2v) is 9.51. The smallest absolute Gasteiger partial charge is 0.389 e. The van der Waals surface area contributed by atoms with Crippen molar-refractivity contribution in [1.82, 2.24) is 14.3 Å². The zero-order chi connectivity index (χ0) is 31.5. The zero-order valence-electron chi connectivity index (χ0n) is 23.3. The molecule has 1 aromatic heterocycles. The van der Waals surface area contributed by atoms with Gasteiger partial charge in [-0.05, 0) is 25.0 Å². The first kappa shape index (κ1) is 34.5. The lowest BCUT2D eigenvalue weighted by Crippen LogP contribution is -2.42. The minimum atomic E-state index is -4.52. The van der Waals surface area contributed by atoms with E-state index in [1.165, 1.54) is 0 Å². The van der Waals surface area contributed by atoms with E-state index in [0.29, 0.717) is 20.7 Å². The maximum absolute atomic E-state index is 12.7. The summed E-state index contributed by atoms with van der Waals surface area (Å²) >= 11 is 0. The first-order valence-electron chi connectivity index (χ1n) is 13.1. The summed E-state index contributed by atoms with van der Waals surface area (Å²) in [5.74, 6) is -0.601. The SMILES string of the molecule is CC(OC(=O)C(C)C)Oc1cccc(OCCCOc2nn(CCCC(F)(F)F)c(=O)n(CCCC(F)(F)F)c2=O)c1. The largest absolute Gasteiger partial charge is 0.493 e. The summed E-state index contributed by atoms with van der Waals surface area (Å²) in [6.45, 7) is 3.70. The Morgan fingerprint density at radius 1 is 0.881 bits per heavy atom. The van der Waals surface area contributed by atoms with Crippen molar-refractivity contribution in [1.29, 1.82) is 0 Å². The molecule has 1 atom stereocenters. The molecular formula is C26H33F6N3O7. The van der Waals surface area contributed by atoms with Gasteiger partial charge in [-0.3, -0.25) is 14.2 Å². The molecule has 42 heavy (non-hydrogen) atoms.